The second kappa shape index (κ2) is 7.32. The molecule has 0 unspecified atom stereocenters. The number of nitrogens with one attached hydrogen (secondary N) is 1. The topological polar surface area (TPSA) is 64.6 Å². The van der Waals surface area contributed by atoms with E-state index in [1.807, 2.05) is 25.2 Å². The molecule has 1 aromatic heterocycles. The molecule has 1 fully saturated rings. The van der Waals surface area contributed by atoms with Crippen LogP contribution in [0.15, 0.2) is 30.5 Å². The van der Waals surface area contributed by atoms with E-state index in [1.165, 1.54) is 0 Å². The van der Waals surface area contributed by atoms with Crippen LogP contribution in [0.5, 0.6) is 0 Å². The van der Waals surface area contributed by atoms with Gasteiger partial charge in [-0.3, -0.25) is 10.2 Å². The van der Waals surface area contributed by atoms with Gasteiger partial charge < -0.3 is 9.80 Å². The summed E-state index contributed by atoms with van der Waals surface area (Å²) in [7, 11) is 4.17. The van der Waals surface area contributed by atoms with E-state index < -0.39 is 0 Å². The number of nitrogens with zero attached hydrogens (tertiary/aromatic N) is 5. The van der Waals surface area contributed by atoms with Crippen LogP contribution in [0, 0.1) is 0 Å². The van der Waals surface area contributed by atoms with Crippen molar-refractivity contribution in [2.24, 2.45) is 0 Å². The fourth-order valence-corrected chi connectivity index (χ4v) is 3.85. The quantitative estimate of drug-likeness (QED) is 0.877. The second-order valence-corrected chi connectivity index (χ2v) is 7.56. The van der Waals surface area contributed by atoms with Gasteiger partial charge in [0.05, 0.1) is 17.3 Å². The molecule has 27 heavy (non-hydrogen) atoms. The van der Waals surface area contributed by atoms with Crippen LogP contribution in [0.4, 0.5) is 22.2 Å². The standard InChI is InChI=1S/C19H23ClN6O/c1-24-9-7-14(8-10-24)25(2)18-21-11-13-12-26(19(27)23-17(13)22-18)16-6-4-3-5-15(16)20/h3-6,11,14H,7-10,12H2,1-2H3,(H,21,22,23,27). The van der Waals surface area contributed by atoms with Crippen molar-refractivity contribution in [1.82, 2.24) is 14.9 Å². The normalized spacial score (nSPS) is 18.2. The summed E-state index contributed by atoms with van der Waals surface area (Å²) in [6.45, 7) is 2.54. The summed E-state index contributed by atoms with van der Waals surface area (Å²) < 4.78 is 0. The molecule has 0 atom stereocenters. The smallest absolute Gasteiger partial charge is 0.327 e. The van der Waals surface area contributed by atoms with E-state index in [0.717, 1.165) is 31.5 Å². The third-order valence-electron chi connectivity index (χ3n) is 5.35. The van der Waals surface area contributed by atoms with Crippen LogP contribution in [0.2, 0.25) is 5.02 Å². The number of piperidine rings is 1. The van der Waals surface area contributed by atoms with Crippen molar-refractivity contribution in [3.8, 4) is 0 Å². The first-order chi connectivity index (χ1) is 13.0. The van der Waals surface area contributed by atoms with E-state index >= 15 is 0 Å². The Morgan fingerprint density at radius 1 is 1.26 bits per heavy atom. The number of carbonyl (C=O) groups is 1. The van der Waals surface area contributed by atoms with Gasteiger partial charge in [-0.15, -0.1) is 0 Å². The van der Waals surface area contributed by atoms with E-state index in [1.54, 1.807) is 17.2 Å². The number of hydrogen-bond acceptors (Lipinski definition) is 5. The Balaban J connectivity index is 1.55. The van der Waals surface area contributed by atoms with Crippen molar-refractivity contribution in [2.75, 3.05) is 42.3 Å². The molecular weight excluding hydrogens is 364 g/mol. The lowest BCUT2D eigenvalue weighted by molar-refractivity contribution is 0.252. The maximum Gasteiger partial charge on any atom is 0.327 e. The Labute approximate surface area is 163 Å². The molecule has 4 rings (SSSR count). The summed E-state index contributed by atoms with van der Waals surface area (Å²) in [4.78, 5) is 27.8. The van der Waals surface area contributed by atoms with E-state index in [9.17, 15) is 4.79 Å². The van der Waals surface area contributed by atoms with Crippen LogP contribution < -0.4 is 15.1 Å². The molecule has 1 saturated heterocycles. The summed E-state index contributed by atoms with van der Waals surface area (Å²) in [5, 5.41) is 3.42. The van der Waals surface area contributed by atoms with Gasteiger partial charge in [0.15, 0.2) is 0 Å². The number of benzene rings is 1. The van der Waals surface area contributed by atoms with E-state index in [2.05, 4.69) is 32.1 Å². The van der Waals surface area contributed by atoms with Crippen molar-refractivity contribution >= 4 is 35.1 Å². The first-order valence-electron chi connectivity index (χ1n) is 9.13. The van der Waals surface area contributed by atoms with Crippen LogP contribution in [0.25, 0.3) is 0 Å². The SMILES string of the molecule is CN1CCC(N(C)c2ncc3c(n2)NC(=O)N(c2ccccc2Cl)C3)CC1. The Kier molecular flexibility index (Phi) is 4.88. The number of hydrogen-bond donors (Lipinski definition) is 1. The van der Waals surface area contributed by atoms with Gasteiger partial charge in [-0.2, -0.15) is 4.98 Å². The maximum atomic E-state index is 12.6. The molecule has 0 aliphatic carbocycles. The number of carbonyl (C=O) groups excluding carboxylic acids is 1. The fourth-order valence-electron chi connectivity index (χ4n) is 3.61. The molecule has 2 aromatic rings. The molecule has 2 aliphatic rings. The Hall–Kier alpha value is -2.38. The summed E-state index contributed by atoms with van der Waals surface area (Å²) >= 11 is 6.25. The number of aromatic nitrogens is 2. The van der Waals surface area contributed by atoms with E-state index in [0.29, 0.717) is 35.1 Å². The molecule has 0 radical (unpaired) electrons. The van der Waals surface area contributed by atoms with Gasteiger partial charge in [0.1, 0.15) is 5.82 Å². The number of likely N-dealkylation sites (tertiary alicyclic amines) is 1. The highest BCUT2D eigenvalue weighted by Crippen LogP contribution is 2.31. The summed E-state index contributed by atoms with van der Waals surface area (Å²) in [5.41, 5.74) is 1.55. The van der Waals surface area contributed by atoms with Gasteiger partial charge in [0.2, 0.25) is 5.95 Å². The lowest BCUT2D eigenvalue weighted by atomic mass is 10.0. The van der Waals surface area contributed by atoms with E-state index in [-0.39, 0.29) is 6.03 Å². The second-order valence-electron chi connectivity index (χ2n) is 7.16. The largest absolute Gasteiger partial charge is 0.341 e. The zero-order valence-electron chi connectivity index (χ0n) is 15.5. The fraction of sp³-hybridized carbons (Fsp3) is 0.421. The lowest BCUT2D eigenvalue weighted by Crippen LogP contribution is -2.43. The average molecular weight is 387 g/mol. The van der Waals surface area contributed by atoms with E-state index in [4.69, 9.17) is 11.6 Å². The summed E-state index contributed by atoms with van der Waals surface area (Å²) in [6.07, 6.45) is 3.96. The predicted molar refractivity (Wildman–Crippen MR) is 108 cm³/mol. The maximum absolute atomic E-state index is 12.6. The molecule has 2 amide bonds. The van der Waals surface area contributed by atoms with Crippen molar-refractivity contribution in [3.05, 3.63) is 41.0 Å². The minimum absolute atomic E-state index is 0.234. The number of rotatable bonds is 3. The number of halogens is 1. The molecule has 2 aliphatic heterocycles. The zero-order chi connectivity index (χ0) is 19.0. The van der Waals surface area contributed by atoms with Gasteiger partial charge in [0, 0.05) is 24.8 Å². The number of fused-ring (bicyclic) bond motifs is 1. The number of para-hydroxylation sites is 1. The third kappa shape index (κ3) is 3.57. The lowest BCUT2D eigenvalue weighted by Gasteiger charge is -2.35. The molecule has 7 nitrogen and oxygen atoms in total. The molecule has 1 aromatic carbocycles. The molecule has 3 heterocycles. The highest BCUT2D eigenvalue weighted by Gasteiger charge is 2.28. The van der Waals surface area contributed by atoms with Crippen molar-refractivity contribution in [3.63, 3.8) is 0 Å². The average Bonchev–Trinajstić information content (AvgIpc) is 2.68. The minimum Gasteiger partial charge on any atom is -0.341 e. The molecule has 1 N–H and O–H groups in total. The van der Waals surface area contributed by atoms with Gasteiger partial charge in [-0.1, -0.05) is 23.7 Å². The van der Waals surface area contributed by atoms with Gasteiger partial charge in [-0.05, 0) is 45.1 Å². The van der Waals surface area contributed by atoms with Crippen LogP contribution >= 0.6 is 11.6 Å². The highest BCUT2D eigenvalue weighted by atomic mass is 35.5. The monoisotopic (exact) mass is 386 g/mol. The zero-order valence-corrected chi connectivity index (χ0v) is 16.3. The summed E-state index contributed by atoms with van der Waals surface area (Å²) in [5.74, 6) is 1.22. The Bertz CT molecular complexity index is 852. The molecule has 142 valence electrons. The van der Waals surface area contributed by atoms with Crippen LogP contribution in [0.1, 0.15) is 18.4 Å². The van der Waals surface area contributed by atoms with Gasteiger partial charge >= 0.3 is 6.03 Å². The first kappa shape index (κ1) is 18.0. The Morgan fingerprint density at radius 2 is 2.00 bits per heavy atom. The number of urea groups is 1. The first-order valence-corrected chi connectivity index (χ1v) is 9.51. The molecule has 0 spiro atoms. The third-order valence-corrected chi connectivity index (χ3v) is 5.66. The molecular formula is C19H23ClN6O. The van der Waals surface area contributed by atoms with Crippen molar-refractivity contribution in [1.29, 1.82) is 0 Å². The number of amides is 2. The predicted octanol–water partition coefficient (Wildman–Crippen LogP) is 3.21. The minimum atomic E-state index is -0.234. The molecule has 0 saturated carbocycles. The van der Waals surface area contributed by atoms with Crippen LogP contribution in [-0.4, -0.2) is 54.1 Å². The van der Waals surface area contributed by atoms with Crippen molar-refractivity contribution in [2.45, 2.75) is 25.4 Å². The van der Waals surface area contributed by atoms with Crippen molar-refractivity contribution < 1.29 is 4.79 Å². The molecule has 8 heteroatoms. The summed E-state index contributed by atoms with van der Waals surface area (Å²) in [6, 6.07) is 7.49. The number of anilines is 3. The Morgan fingerprint density at radius 3 is 2.74 bits per heavy atom. The van der Waals surface area contributed by atoms with Gasteiger partial charge in [0.25, 0.3) is 0 Å². The molecule has 0 bridgehead atoms. The van der Waals surface area contributed by atoms with Gasteiger partial charge in [-0.25, -0.2) is 9.78 Å². The van der Waals surface area contributed by atoms with Crippen LogP contribution in [-0.2, 0) is 6.54 Å². The van der Waals surface area contributed by atoms with Crippen LogP contribution in [0.3, 0.4) is 0 Å². The highest BCUT2D eigenvalue weighted by molar-refractivity contribution is 6.34.